The molecule has 4 aliphatic carbocycles. The number of nitrogens with two attached hydrogens (primary N) is 1. The Kier molecular flexibility index (Phi) is 2.73. The lowest BCUT2D eigenvalue weighted by molar-refractivity contribution is -0.00649. The number of hydrogen-bond donors (Lipinski definition) is 1. The molecule has 2 N–H and O–H groups in total. The molecule has 3 heteroatoms. The van der Waals surface area contributed by atoms with E-state index in [2.05, 4.69) is 17.8 Å². The highest BCUT2D eigenvalue weighted by molar-refractivity contribution is 5.15. The number of aryl methyl sites for hydroxylation is 1. The molecular formula is C16H25N3. The predicted octanol–water partition coefficient (Wildman–Crippen LogP) is 2.46. The fourth-order valence-corrected chi connectivity index (χ4v) is 5.47. The maximum absolute atomic E-state index is 5.67. The van der Waals surface area contributed by atoms with Gasteiger partial charge >= 0.3 is 0 Å². The topological polar surface area (TPSA) is 43.8 Å². The molecule has 19 heavy (non-hydrogen) atoms. The molecule has 0 atom stereocenters. The highest BCUT2D eigenvalue weighted by Crippen LogP contribution is 2.59. The van der Waals surface area contributed by atoms with E-state index in [9.17, 15) is 0 Å². The minimum atomic E-state index is 0.706. The van der Waals surface area contributed by atoms with E-state index in [-0.39, 0.29) is 0 Å². The van der Waals surface area contributed by atoms with Crippen LogP contribution in [0.2, 0.25) is 0 Å². The van der Waals surface area contributed by atoms with Gasteiger partial charge in [-0.15, -0.1) is 0 Å². The minimum Gasteiger partial charge on any atom is -0.337 e. The molecule has 1 heterocycles. The fourth-order valence-electron chi connectivity index (χ4n) is 5.47. The number of imidazole rings is 1. The second-order valence-electron chi connectivity index (χ2n) is 7.20. The average molecular weight is 259 g/mol. The summed E-state index contributed by atoms with van der Waals surface area (Å²) in [6.45, 7) is 0.706. The average Bonchev–Trinajstić information content (AvgIpc) is 2.69. The van der Waals surface area contributed by atoms with Crippen molar-refractivity contribution in [3.05, 3.63) is 17.7 Å². The summed E-state index contributed by atoms with van der Waals surface area (Å²) in [5.74, 6) is 6.03. The van der Waals surface area contributed by atoms with Crippen molar-refractivity contribution in [3.8, 4) is 0 Å². The summed E-state index contributed by atoms with van der Waals surface area (Å²) >= 11 is 0. The lowest BCUT2D eigenvalue weighted by Crippen LogP contribution is -2.44. The van der Waals surface area contributed by atoms with Crippen molar-refractivity contribution in [2.45, 2.75) is 44.4 Å². The van der Waals surface area contributed by atoms with Crippen molar-refractivity contribution >= 4 is 0 Å². The monoisotopic (exact) mass is 259 g/mol. The van der Waals surface area contributed by atoms with Crippen molar-refractivity contribution in [1.29, 1.82) is 0 Å². The molecule has 1 aromatic heterocycles. The van der Waals surface area contributed by atoms with Crippen LogP contribution in [0.1, 0.15) is 49.5 Å². The number of aromatic nitrogens is 2. The largest absolute Gasteiger partial charge is 0.337 e. The highest BCUT2D eigenvalue weighted by Gasteiger charge is 2.49. The van der Waals surface area contributed by atoms with Gasteiger partial charge in [0.25, 0.3) is 0 Å². The predicted molar refractivity (Wildman–Crippen MR) is 75.8 cm³/mol. The maximum Gasteiger partial charge on any atom is 0.112 e. The third kappa shape index (κ3) is 1.85. The van der Waals surface area contributed by atoms with Crippen LogP contribution in [0.3, 0.4) is 0 Å². The van der Waals surface area contributed by atoms with Crippen LogP contribution in [0.25, 0.3) is 0 Å². The van der Waals surface area contributed by atoms with Crippen LogP contribution in [0.5, 0.6) is 0 Å². The molecule has 4 bridgehead atoms. The molecule has 3 nitrogen and oxygen atoms in total. The lowest BCUT2D eigenvalue weighted by Gasteiger charge is -2.54. The molecule has 1 aromatic rings. The smallest absolute Gasteiger partial charge is 0.112 e. The fraction of sp³-hybridized carbons (Fsp3) is 0.812. The summed E-state index contributed by atoms with van der Waals surface area (Å²) in [5.41, 5.74) is 6.85. The van der Waals surface area contributed by atoms with Gasteiger partial charge in [0, 0.05) is 25.6 Å². The van der Waals surface area contributed by atoms with Crippen LogP contribution in [0.15, 0.2) is 6.20 Å². The molecule has 0 aliphatic heterocycles. The summed E-state index contributed by atoms with van der Waals surface area (Å²) in [4.78, 5) is 4.93. The second-order valence-corrected chi connectivity index (χ2v) is 7.20. The van der Waals surface area contributed by atoms with E-state index in [0.717, 1.165) is 36.0 Å². The van der Waals surface area contributed by atoms with E-state index >= 15 is 0 Å². The Morgan fingerprint density at radius 2 is 1.79 bits per heavy atom. The van der Waals surface area contributed by atoms with Gasteiger partial charge in [-0.2, -0.15) is 0 Å². The minimum absolute atomic E-state index is 0.706. The molecule has 0 saturated heterocycles. The van der Waals surface area contributed by atoms with Crippen LogP contribution < -0.4 is 5.73 Å². The normalized spacial score (nSPS) is 40.0. The van der Waals surface area contributed by atoms with Crippen LogP contribution in [0.4, 0.5) is 0 Å². The zero-order valence-corrected chi connectivity index (χ0v) is 11.9. The molecule has 0 spiro atoms. The molecule has 4 saturated carbocycles. The Balaban J connectivity index is 1.65. The molecule has 5 rings (SSSR count). The summed E-state index contributed by atoms with van der Waals surface area (Å²) in [6, 6.07) is 0. The van der Waals surface area contributed by atoms with Crippen molar-refractivity contribution in [2.75, 3.05) is 6.54 Å². The molecule has 4 aliphatic rings. The Morgan fingerprint density at radius 1 is 1.16 bits per heavy atom. The summed E-state index contributed by atoms with van der Waals surface area (Å²) in [5, 5.41) is 0. The Bertz CT molecular complexity index is 448. The van der Waals surface area contributed by atoms with Crippen LogP contribution >= 0.6 is 0 Å². The van der Waals surface area contributed by atoms with E-state index < -0.39 is 0 Å². The molecular weight excluding hydrogens is 234 g/mol. The van der Waals surface area contributed by atoms with Crippen molar-refractivity contribution in [1.82, 2.24) is 9.55 Å². The Morgan fingerprint density at radius 3 is 2.37 bits per heavy atom. The molecule has 104 valence electrons. The zero-order chi connectivity index (χ0) is 13.0. The van der Waals surface area contributed by atoms with Gasteiger partial charge in [0.1, 0.15) is 5.82 Å². The van der Waals surface area contributed by atoms with Gasteiger partial charge in [0.05, 0.1) is 5.69 Å². The lowest BCUT2D eigenvalue weighted by atomic mass is 9.51. The van der Waals surface area contributed by atoms with Gasteiger partial charge in [0.2, 0.25) is 0 Å². The first kappa shape index (κ1) is 12.0. The first-order valence-electron chi connectivity index (χ1n) is 7.96. The van der Waals surface area contributed by atoms with Gasteiger partial charge in [-0.25, -0.2) is 4.98 Å². The SMILES string of the molecule is Cn1cc(CCN)nc1C1C2CC3CC(C2)CC1C3. The van der Waals surface area contributed by atoms with E-state index in [0.29, 0.717) is 6.54 Å². The Labute approximate surface area is 115 Å². The standard InChI is InChI=1S/C16H25N3/c1-19-9-14(2-3-17)18-16(19)15-12-5-10-4-11(7-12)8-13(15)6-10/h9-13,15H,2-8,17H2,1H3. The van der Waals surface area contributed by atoms with Crippen molar-refractivity contribution in [2.24, 2.45) is 36.5 Å². The van der Waals surface area contributed by atoms with Gasteiger partial charge in [0.15, 0.2) is 0 Å². The van der Waals surface area contributed by atoms with Crippen molar-refractivity contribution in [3.63, 3.8) is 0 Å². The van der Waals surface area contributed by atoms with Gasteiger partial charge < -0.3 is 10.3 Å². The second kappa shape index (κ2) is 4.34. The van der Waals surface area contributed by atoms with E-state index in [4.69, 9.17) is 10.7 Å². The first-order chi connectivity index (χ1) is 9.24. The number of rotatable bonds is 3. The highest BCUT2D eigenvalue weighted by atomic mass is 15.1. The molecule has 4 fully saturated rings. The molecule has 0 amide bonds. The molecule has 0 aromatic carbocycles. The summed E-state index contributed by atoms with van der Waals surface area (Å²) in [7, 11) is 2.17. The number of hydrogen-bond acceptors (Lipinski definition) is 2. The third-order valence-electron chi connectivity index (χ3n) is 5.89. The van der Waals surface area contributed by atoms with Crippen LogP contribution in [0, 0.1) is 23.7 Å². The van der Waals surface area contributed by atoms with Crippen LogP contribution in [-0.2, 0) is 13.5 Å². The number of nitrogens with zero attached hydrogens (tertiary/aromatic N) is 2. The zero-order valence-electron chi connectivity index (χ0n) is 11.9. The third-order valence-corrected chi connectivity index (χ3v) is 5.89. The molecule has 0 unspecified atom stereocenters. The summed E-state index contributed by atoms with van der Waals surface area (Å²) in [6.07, 6.45) is 10.5. The first-order valence-corrected chi connectivity index (χ1v) is 7.96. The van der Waals surface area contributed by atoms with Crippen LogP contribution in [-0.4, -0.2) is 16.1 Å². The van der Waals surface area contributed by atoms with Crippen molar-refractivity contribution < 1.29 is 0 Å². The summed E-state index contributed by atoms with van der Waals surface area (Å²) < 4.78 is 2.29. The van der Waals surface area contributed by atoms with E-state index in [1.165, 1.54) is 43.6 Å². The van der Waals surface area contributed by atoms with Gasteiger partial charge in [-0.3, -0.25) is 0 Å². The van der Waals surface area contributed by atoms with Gasteiger partial charge in [-0.05, 0) is 62.3 Å². The Hall–Kier alpha value is -0.830. The van der Waals surface area contributed by atoms with Gasteiger partial charge in [-0.1, -0.05) is 0 Å². The van der Waals surface area contributed by atoms with E-state index in [1.54, 1.807) is 0 Å². The van der Waals surface area contributed by atoms with E-state index in [1.807, 2.05) is 0 Å². The molecule has 0 radical (unpaired) electrons. The quantitative estimate of drug-likeness (QED) is 0.906. The maximum atomic E-state index is 5.67.